The van der Waals surface area contributed by atoms with Gasteiger partial charge in [0.05, 0.1) is 24.5 Å². The molecule has 0 spiro atoms. The molecule has 5 heterocycles. The van der Waals surface area contributed by atoms with Crippen molar-refractivity contribution < 1.29 is 23.7 Å². The quantitative estimate of drug-likeness (QED) is 0.380. The molecule has 2 saturated heterocycles. The van der Waals surface area contributed by atoms with Gasteiger partial charge in [-0.15, -0.1) is 4.59 Å². The number of likely N-dealkylation sites (tertiary alicyclic amines) is 1. The van der Waals surface area contributed by atoms with Crippen molar-refractivity contribution in [2.24, 2.45) is 21.7 Å². The van der Waals surface area contributed by atoms with E-state index in [2.05, 4.69) is 15.3 Å². The van der Waals surface area contributed by atoms with E-state index in [1.807, 2.05) is 24.3 Å². The number of amides is 3. The number of carbonyl (C=O) groups is 3. The van der Waals surface area contributed by atoms with Gasteiger partial charge in [0.2, 0.25) is 11.6 Å². The normalized spacial score (nSPS) is 24.6. The first kappa shape index (κ1) is 27.2. The Balaban J connectivity index is 1.09. The van der Waals surface area contributed by atoms with Crippen molar-refractivity contribution in [1.29, 1.82) is 0 Å². The van der Waals surface area contributed by atoms with Crippen LogP contribution in [0.1, 0.15) is 53.1 Å². The van der Waals surface area contributed by atoms with Gasteiger partial charge in [-0.1, -0.05) is 0 Å². The van der Waals surface area contributed by atoms with Crippen molar-refractivity contribution in [3.05, 3.63) is 83.1 Å². The molecule has 1 aliphatic carbocycles. The van der Waals surface area contributed by atoms with Gasteiger partial charge in [-0.3, -0.25) is 19.5 Å². The van der Waals surface area contributed by atoms with Crippen LogP contribution in [0.25, 0.3) is 0 Å². The van der Waals surface area contributed by atoms with E-state index in [-0.39, 0.29) is 28.9 Å². The van der Waals surface area contributed by atoms with Crippen LogP contribution >= 0.6 is 0 Å². The van der Waals surface area contributed by atoms with Crippen molar-refractivity contribution in [1.82, 2.24) is 14.8 Å². The molecule has 1 aromatic carbocycles. The van der Waals surface area contributed by atoms with E-state index in [1.165, 1.54) is 23.3 Å². The zero-order chi connectivity index (χ0) is 29.6. The lowest BCUT2D eigenvalue weighted by Gasteiger charge is -2.33. The average Bonchev–Trinajstić information content (AvgIpc) is 3.73. The molecular formula is C31H33N8O4+. The molecule has 7 rings (SSSR count). The lowest BCUT2D eigenvalue weighted by atomic mass is 9.93. The molecule has 3 fully saturated rings. The van der Waals surface area contributed by atoms with E-state index in [9.17, 15) is 14.4 Å². The summed E-state index contributed by atoms with van der Waals surface area (Å²) in [5, 5.41) is 2.90. The highest BCUT2D eigenvalue weighted by Crippen LogP contribution is 2.40. The number of pyridine rings is 1. The molecule has 12 nitrogen and oxygen atoms in total. The Bertz CT molecular complexity index is 1610. The molecule has 1 saturated carbocycles. The number of aliphatic imine (C=N–C) groups is 2. The number of piperidine rings is 1. The van der Waals surface area contributed by atoms with Crippen LogP contribution in [0.2, 0.25) is 0 Å². The van der Waals surface area contributed by atoms with Gasteiger partial charge in [-0.05, 0) is 73.6 Å². The summed E-state index contributed by atoms with van der Waals surface area (Å²) in [4.78, 5) is 54.8. The summed E-state index contributed by atoms with van der Waals surface area (Å²) in [6, 6.07) is 11.2. The molecule has 2 unspecified atom stereocenters. The second-order valence-electron chi connectivity index (χ2n) is 11.6. The number of hydrogen-bond acceptors (Lipinski definition) is 8. The number of anilines is 1. The Morgan fingerprint density at radius 1 is 1.09 bits per heavy atom. The second-order valence-corrected chi connectivity index (χ2v) is 11.6. The molecule has 4 aliphatic heterocycles. The number of cyclic esters (lactones) is 1. The SMILES string of the molecule is N[N+]12C=CN=CC1=C(C1CCCN(C(=O)CN3CCOC3=O)C1)N=C2c1ccc(C(=O)Nc2cc(C3CC3)ccn2)cc1. The van der Waals surface area contributed by atoms with Crippen LogP contribution in [0.3, 0.4) is 0 Å². The van der Waals surface area contributed by atoms with Crippen molar-refractivity contribution >= 4 is 35.8 Å². The minimum Gasteiger partial charge on any atom is -0.448 e. The van der Waals surface area contributed by atoms with Gasteiger partial charge < -0.3 is 15.0 Å². The van der Waals surface area contributed by atoms with E-state index in [0.717, 1.165) is 29.8 Å². The minimum atomic E-state index is -0.449. The maximum Gasteiger partial charge on any atom is 0.410 e. The topological polar surface area (TPSA) is 143 Å². The van der Waals surface area contributed by atoms with E-state index >= 15 is 0 Å². The predicted octanol–water partition coefficient (Wildman–Crippen LogP) is 3.12. The number of carbonyl (C=O) groups excluding carboxylic acids is 3. The Labute approximate surface area is 248 Å². The van der Waals surface area contributed by atoms with Crippen molar-refractivity contribution in [2.75, 3.05) is 38.1 Å². The number of quaternary nitrogens is 1. The summed E-state index contributed by atoms with van der Waals surface area (Å²) in [5.41, 5.74) is 4.03. The number of allylic oxidation sites excluding steroid dienone is 1. The number of nitrogens with two attached hydrogens (primary N) is 1. The highest BCUT2D eigenvalue weighted by Gasteiger charge is 2.46. The molecule has 0 radical (unpaired) electrons. The molecule has 5 aliphatic rings. The number of aromatic nitrogens is 1. The molecule has 220 valence electrons. The van der Waals surface area contributed by atoms with Gasteiger partial charge in [0.15, 0.2) is 0 Å². The first-order chi connectivity index (χ1) is 20.9. The Hall–Kier alpha value is -4.68. The molecule has 0 bridgehead atoms. The van der Waals surface area contributed by atoms with Crippen LogP contribution in [0.15, 0.2) is 76.4 Å². The minimum absolute atomic E-state index is 0.00893. The number of rotatable bonds is 7. The number of nitrogens with zero attached hydrogens (tertiary/aromatic N) is 6. The van der Waals surface area contributed by atoms with E-state index in [0.29, 0.717) is 49.4 Å². The standard InChI is InChI=1S/C31H32N8O4/c32-39-14-11-33-17-25(39)28(24-2-1-12-37(18-24)27(40)19-38-13-15-43-31(38)42)36-29(39)21-5-7-22(8-6-21)30(41)35-26-16-23(9-10-34-26)20-3-4-20/h5-11,14,16-17,20,24H,1-4,12-13,15,18-19,32H2/p+1. The molecule has 3 amide bonds. The number of nitrogens with one attached hydrogen (secondary N) is 1. The van der Waals surface area contributed by atoms with E-state index in [4.69, 9.17) is 15.6 Å². The van der Waals surface area contributed by atoms with Crippen molar-refractivity contribution in [2.45, 2.75) is 31.6 Å². The summed E-state index contributed by atoms with van der Waals surface area (Å²) < 4.78 is 4.82. The molecule has 1 aromatic heterocycles. The largest absolute Gasteiger partial charge is 0.448 e. The van der Waals surface area contributed by atoms with Gasteiger partial charge in [-0.2, -0.15) is 10.8 Å². The van der Waals surface area contributed by atoms with Gasteiger partial charge in [0, 0.05) is 30.8 Å². The van der Waals surface area contributed by atoms with Crippen molar-refractivity contribution in [3.63, 3.8) is 0 Å². The van der Waals surface area contributed by atoms with Crippen LogP contribution in [0, 0.1) is 5.92 Å². The molecule has 2 atom stereocenters. The summed E-state index contributed by atoms with van der Waals surface area (Å²) in [5.74, 6) is 8.28. The summed E-state index contributed by atoms with van der Waals surface area (Å²) >= 11 is 0. The maximum absolute atomic E-state index is 13.1. The van der Waals surface area contributed by atoms with Crippen LogP contribution < -0.4 is 11.2 Å². The summed E-state index contributed by atoms with van der Waals surface area (Å²) in [7, 11) is 0. The number of hydrogen-bond donors (Lipinski definition) is 2. The maximum atomic E-state index is 13.1. The van der Waals surface area contributed by atoms with Gasteiger partial charge >= 0.3 is 6.09 Å². The molecule has 12 heteroatoms. The fourth-order valence-electron chi connectivity index (χ4n) is 6.11. The zero-order valence-corrected chi connectivity index (χ0v) is 23.7. The van der Waals surface area contributed by atoms with Crippen LogP contribution in [-0.2, 0) is 9.53 Å². The fraction of sp³-hybridized carbons (Fsp3) is 0.355. The average molecular weight is 582 g/mol. The number of amidine groups is 1. The first-order valence-electron chi connectivity index (χ1n) is 14.7. The Morgan fingerprint density at radius 3 is 2.70 bits per heavy atom. The number of ether oxygens (including phenoxy) is 1. The third kappa shape index (κ3) is 5.23. The predicted molar refractivity (Wildman–Crippen MR) is 158 cm³/mol. The first-order valence-corrected chi connectivity index (χ1v) is 14.7. The lowest BCUT2D eigenvalue weighted by Crippen LogP contribution is -2.53. The summed E-state index contributed by atoms with van der Waals surface area (Å²) in [6.07, 6.45) is 10.5. The van der Waals surface area contributed by atoms with Crippen LogP contribution in [-0.4, -0.2) is 82.1 Å². The van der Waals surface area contributed by atoms with Gasteiger partial charge in [0.1, 0.15) is 30.9 Å². The smallest absolute Gasteiger partial charge is 0.410 e. The third-order valence-corrected chi connectivity index (χ3v) is 8.63. The van der Waals surface area contributed by atoms with E-state index in [1.54, 1.807) is 41.8 Å². The third-order valence-electron chi connectivity index (χ3n) is 8.63. The highest BCUT2D eigenvalue weighted by atomic mass is 16.6. The van der Waals surface area contributed by atoms with Crippen molar-refractivity contribution in [3.8, 4) is 0 Å². The highest BCUT2D eigenvalue weighted by molar-refractivity contribution is 6.05. The lowest BCUT2D eigenvalue weighted by molar-refractivity contribution is -0.750. The van der Waals surface area contributed by atoms with Crippen LogP contribution in [0.5, 0.6) is 0 Å². The van der Waals surface area contributed by atoms with E-state index < -0.39 is 6.09 Å². The summed E-state index contributed by atoms with van der Waals surface area (Å²) in [6.45, 7) is 1.84. The second kappa shape index (κ2) is 10.9. The number of fused-ring (bicyclic) bond motifs is 1. The monoisotopic (exact) mass is 581 g/mol. The molecule has 43 heavy (non-hydrogen) atoms. The Kier molecular flexibility index (Phi) is 6.86. The fourth-order valence-corrected chi connectivity index (χ4v) is 6.11. The Morgan fingerprint density at radius 2 is 1.93 bits per heavy atom. The van der Waals surface area contributed by atoms with Crippen LogP contribution in [0.4, 0.5) is 10.6 Å². The molecular weight excluding hydrogens is 548 g/mol. The van der Waals surface area contributed by atoms with Gasteiger partial charge in [-0.25, -0.2) is 9.78 Å². The zero-order valence-electron chi connectivity index (χ0n) is 23.7. The molecule has 3 N–H and O–H groups in total. The van der Waals surface area contributed by atoms with Gasteiger partial charge in [0.25, 0.3) is 11.7 Å². The number of benzene rings is 1. The molecule has 2 aromatic rings.